The van der Waals surface area contributed by atoms with Gasteiger partial charge in [-0.3, -0.25) is 0 Å². The van der Waals surface area contributed by atoms with Crippen LogP contribution in [0, 0.1) is 0 Å². The van der Waals surface area contributed by atoms with Crippen molar-refractivity contribution < 1.29 is 24.1 Å². The number of hydrogen-bond donors (Lipinski definition) is 1. The molecular weight excluding hydrogens is 368 g/mol. The molecule has 0 heterocycles. The molecule has 0 aromatic carbocycles. The second-order valence-electron chi connectivity index (χ2n) is 8.54. The lowest BCUT2D eigenvalue weighted by Gasteiger charge is -2.20. The Kier molecular flexibility index (Phi) is 20.9. The molecule has 29 heavy (non-hydrogen) atoms. The topological polar surface area (TPSA) is 57.2 Å². The van der Waals surface area contributed by atoms with Gasteiger partial charge in [0, 0.05) is 6.61 Å². The van der Waals surface area contributed by atoms with E-state index in [1.165, 1.54) is 57.8 Å². The van der Waals surface area contributed by atoms with Crippen LogP contribution in [0.4, 0.5) is 0 Å². The third-order valence-electron chi connectivity index (χ3n) is 4.85. The number of ether oxygens (including phenoxy) is 4. The molecule has 0 saturated carbocycles. The highest BCUT2D eigenvalue weighted by molar-refractivity contribution is 4.56. The molecule has 0 aromatic heterocycles. The third-order valence-corrected chi connectivity index (χ3v) is 4.85. The molecule has 1 N–H and O–H groups in total. The van der Waals surface area contributed by atoms with Crippen LogP contribution in [0.2, 0.25) is 0 Å². The molecule has 0 aromatic rings. The second kappa shape index (κ2) is 21.0. The smallest absolute Gasteiger partial charge is 0.0781 e. The van der Waals surface area contributed by atoms with Gasteiger partial charge in [0.2, 0.25) is 0 Å². The van der Waals surface area contributed by atoms with Crippen molar-refractivity contribution in [2.75, 3.05) is 33.0 Å². The van der Waals surface area contributed by atoms with Crippen LogP contribution in [0.25, 0.3) is 0 Å². The van der Waals surface area contributed by atoms with E-state index in [1.807, 2.05) is 20.8 Å². The minimum Gasteiger partial charge on any atom is -0.391 e. The molecule has 0 amide bonds. The molecular formula is C24H50O5. The van der Waals surface area contributed by atoms with Crippen LogP contribution in [0.5, 0.6) is 0 Å². The SMILES string of the molecule is CCCCCCCCCCCCOCC(C)OCC(C)OCC(C)OCC(C)O. The van der Waals surface area contributed by atoms with Gasteiger partial charge in [0.05, 0.1) is 50.8 Å². The highest BCUT2D eigenvalue weighted by Crippen LogP contribution is 2.10. The minimum absolute atomic E-state index is 0.0111. The Morgan fingerprint density at radius 2 is 0.966 bits per heavy atom. The lowest BCUT2D eigenvalue weighted by molar-refractivity contribution is -0.0867. The van der Waals surface area contributed by atoms with Gasteiger partial charge < -0.3 is 24.1 Å². The molecule has 0 aliphatic rings. The Bertz CT molecular complexity index is 324. The number of aliphatic hydroxyl groups excluding tert-OH is 1. The van der Waals surface area contributed by atoms with E-state index < -0.39 is 6.10 Å². The van der Waals surface area contributed by atoms with E-state index in [-0.39, 0.29) is 18.3 Å². The van der Waals surface area contributed by atoms with E-state index in [0.717, 1.165) is 13.0 Å². The monoisotopic (exact) mass is 418 g/mol. The summed E-state index contributed by atoms with van der Waals surface area (Å²) in [4.78, 5) is 0. The fraction of sp³-hybridized carbons (Fsp3) is 1.00. The van der Waals surface area contributed by atoms with Gasteiger partial charge in [0.15, 0.2) is 0 Å². The summed E-state index contributed by atoms with van der Waals surface area (Å²) < 4.78 is 22.7. The van der Waals surface area contributed by atoms with Crippen molar-refractivity contribution in [2.24, 2.45) is 0 Å². The number of unbranched alkanes of at least 4 members (excludes halogenated alkanes) is 9. The maximum absolute atomic E-state index is 9.21. The van der Waals surface area contributed by atoms with E-state index in [1.54, 1.807) is 6.92 Å². The first-order valence-electron chi connectivity index (χ1n) is 12.1. The molecule has 5 nitrogen and oxygen atoms in total. The van der Waals surface area contributed by atoms with E-state index in [9.17, 15) is 5.11 Å². The maximum atomic E-state index is 9.21. The molecule has 5 heteroatoms. The van der Waals surface area contributed by atoms with Gasteiger partial charge in [0.1, 0.15) is 0 Å². The molecule has 4 atom stereocenters. The molecule has 4 unspecified atom stereocenters. The molecule has 0 rings (SSSR count). The van der Waals surface area contributed by atoms with Crippen molar-refractivity contribution in [2.45, 2.75) is 123 Å². The van der Waals surface area contributed by atoms with Gasteiger partial charge in [-0.25, -0.2) is 0 Å². The first-order valence-corrected chi connectivity index (χ1v) is 12.1. The van der Waals surface area contributed by atoms with Crippen molar-refractivity contribution in [1.29, 1.82) is 0 Å². The van der Waals surface area contributed by atoms with E-state index in [4.69, 9.17) is 18.9 Å². The van der Waals surface area contributed by atoms with Crippen LogP contribution in [-0.4, -0.2) is 62.6 Å². The molecule has 0 aliphatic heterocycles. The summed E-state index contributed by atoms with van der Waals surface area (Å²) in [5.41, 5.74) is 0. The Morgan fingerprint density at radius 3 is 1.45 bits per heavy atom. The van der Waals surface area contributed by atoms with Gasteiger partial charge in [0.25, 0.3) is 0 Å². The van der Waals surface area contributed by atoms with E-state index in [2.05, 4.69) is 6.92 Å². The summed E-state index contributed by atoms with van der Waals surface area (Å²) in [7, 11) is 0. The summed E-state index contributed by atoms with van der Waals surface area (Å²) in [6.45, 7) is 12.8. The minimum atomic E-state index is -0.445. The Balaban J connectivity index is 3.39. The fourth-order valence-electron chi connectivity index (χ4n) is 2.99. The number of aliphatic hydroxyl groups is 1. The summed E-state index contributed by atoms with van der Waals surface area (Å²) >= 11 is 0. The second-order valence-corrected chi connectivity index (χ2v) is 8.54. The first-order chi connectivity index (χ1) is 14.0. The number of rotatable bonds is 22. The van der Waals surface area contributed by atoms with Crippen LogP contribution in [-0.2, 0) is 18.9 Å². The summed E-state index contributed by atoms with van der Waals surface area (Å²) in [5, 5.41) is 9.21. The quantitative estimate of drug-likeness (QED) is 0.235. The van der Waals surface area contributed by atoms with Gasteiger partial charge >= 0.3 is 0 Å². The fourth-order valence-corrected chi connectivity index (χ4v) is 2.99. The van der Waals surface area contributed by atoms with Crippen molar-refractivity contribution in [3.05, 3.63) is 0 Å². The van der Waals surface area contributed by atoms with Gasteiger partial charge in [-0.05, 0) is 34.1 Å². The molecule has 0 fully saturated rings. The van der Waals surface area contributed by atoms with Crippen LogP contribution >= 0.6 is 0 Å². The highest BCUT2D eigenvalue weighted by atomic mass is 16.6. The zero-order chi connectivity index (χ0) is 21.7. The predicted octanol–water partition coefficient (Wildman–Crippen LogP) is 5.52. The van der Waals surface area contributed by atoms with Gasteiger partial charge in [-0.2, -0.15) is 0 Å². The highest BCUT2D eigenvalue weighted by Gasteiger charge is 2.10. The standard InChI is InChI=1S/C24H50O5/c1-6-7-8-9-10-11-12-13-14-15-16-26-18-22(3)28-20-24(5)29-19-23(4)27-17-21(2)25/h21-25H,6-20H2,1-5H3. The van der Waals surface area contributed by atoms with Crippen molar-refractivity contribution in [1.82, 2.24) is 0 Å². The lowest BCUT2D eigenvalue weighted by Crippen LogP contribution is -2.27. The van der Waals surface area contributed by atoms with Crippen molar-refractivity contribution >= 4 is 0 Å². The predicted molar refractivity (Wildman–Crippen MR) is 121 cm³/mol. The molecule has 176 valence electrons. The van der Waals surface area contributed by atoms with Crippen LogP contribution in [0.1, 0.15) is 98.8 Å². The normalized spacial score (nSPS) is 15.9. The first kappa shape index (κ1) is 28.8. The van der Waals surface area contributed by atoms with Gasteiger partial charge in [-0.15, -0.1) is 0 Å². The summed E-state index contributed by atoms with van der Waals surface area (Å²) in [6, 6.07) is 0. The molecule has 0 radical (unpaired) electrons. The molecule has 0 aliphatic carbocycles. The van der Waals surface area contributed by atoms with Crippen LogP contribution < -0.4 is 0 Å². The number of hydrogen-bond acceptors (Lipinski definition) is 5. The Labute approximate surface area is 180 Å². The summed E-state index contributed by atoms with van der Waals surface area (Å²) in [5.74, 6) is 0. The molecule has 0 saturated heterocycles. The van der Waals surface area contributed by atoms with Crippen molar-refractivity contribution in [3.63, 3.8) is 0 Å². The average molecular weight is 419 g/mol. The zero-order valence-electron chi connectivity index (χ0n) is 20.0. The molecule has 0 spiro atoms. The van der Waals surface area contributed by atoms with E-state index >= 15 is 0 Å². The molecule has 0 bridgehead atoms. The van der Waals surface area contributed by atoms with Gasteiger partial charge in [-0.1, -0.05) is 64.7 Å². The maximum Gasteiger partial charge on any atom is 0.0781 e. The van der Waals surface area contributed by atoms with Crippen molar-refractivity contribution in [3.8, 4) is 0 Å². The van der Waals surface area contributed by atoms with E-state index in [0.29, 0.717) is 26.4 Å². The van der Waals surface area contributed by atoms with Crippen LogP contribution in [0.15, 0.2) is 0 Å². The average Bonchev–Trinajstić information content (AvgIpc) is 2.69. The lowest BCUT2D eigenvalue weighted by atomic mass is 10.1. The largest absolute Gasteiger partial charge is 0.391 e. The summed E-state index contributed by atoms with van der Waals surface area (Å²) in [6.07, 6.45) is 13.1. The zero-order valence-corrected chi connectivity index (χ0v) is 20.0. The van der Waals surface area contributed by atoms with Crippen LogP contribution in [0.3, 0.4) is 0 Å². The Hall–Kier alpha value is -0.200. The third kappa shape index (κ3) is 22.3. The Morgan fingerprint density at radius 1 is 0.552 bits per heavy atom.